The number of aryl methyl sites for hydroxylation is 1. The van der Waals surface area contributed by atoms with Crippen LogP contribution in [0.1, 0.15) is 30.9 Å². The van der Waals surface area contributed by atoms with Crippen LogP contribution in [0.5, 0.6) is 5.75 Å². The first kappa shape index (κ1) is 17.9. The number of hydrogen-bond donors (Lipinski definition) is 2. The molecule has 0 bridgehead atoms. The summed E-state index contributed by atoms with van der Waals surface area (Å²) >= 11 is 0. The van der Waals surface area contributed by atoms with Crippen molar-refractivity contribution in [2.24, 2.45) is 12.0 Å². The molecule has 0 spiro atoms. The maximum Gasteiger partial charge on any atom is 0.191 e. The van der Waals surface area contributed by atoms with Crippen LogP contribution in [0.25, 0.3) is 0 Å². The Morgan fingerprint density at radius 2 is 2.00 bits per heavy atom. The van der Waals surface area contributed by atoms with Crippen LogP contribution >= 0.6 is 0 Å². The highest BCUT2D eigenvalue weighted by molar-refractivity contribution is 5.79. The van der Waals surface area contributed by atoms with Crippen molar-refractivity contribution in [2.75, 3.05) is 20.2 Å². The van der Waals surface area contributed by atoms with Crippen molar-refractivity contribution in [1.29, 1.82) is 0 Å². The Balaban J connectivity index is 1.74. The lowest BCUT2D eigenvalue weighted by Gasteiger charge is -2.15. The second-order valence-electron chi connectivity index (χ2n) is 6.08. The number of aliphatic imine (C=N–C) groups is 1. The van der Waals surface area contributed by atoms with Crippen molar-refractivity contribution in [3.05, 3.63) is 53.9 Å². The van der Waals surface area contributed by atoms with Gasteiger partial charge in [-0.3, -0.25) is 4.99 Å². The molecular formula is C19H28N4O. The maximum atomic E-state index is 5.91. The quantitative estimate of drug-likeness (QED) is 0.467. The molecule has 0 amide bonds. The monoisotopic (exact) mass is 328 g/mol. The predicted molar refractivity (Wildman–Crippen MR) is 99.6 cm³/mol. The predicted octanol–water partition coefficient (Wildman–Crippen LogP) is 2.89. The summed E-state index contributed by atoms with van der Waals surface area (Å²) in [6.45, 7) is 6.39. The minimum atomic E-state index is 0.453. The van der Waals surface area contributed by atoms with Crippen molar-refractivity contribution in [3.8, 4) is 5.75 Å². The van der Waals surface area contributed by atoms with Crippen molar-refractivity contribution in [1.82, 2.24) is 15.2 Å². The molecule has 2 aromatic rings. The van der Waals surface area contributed by atoms with Gasteiger partial charge in [-0.15, -0.1) is 0 Å². The van der Waals surface area contributed by atoms with Gasteiger partial charge >= 0.3 is 0 Å². The van der Waals surface area contributed by atoms with Crippen molar-refractivity contribution < 1.29 is 4.74 Å². The topological polar surface area (TPSA) is 50.6 Å². The molecule has 0 unspecified atom stereocenters. The fourth-order valence-electron chi connectivity index (χ4n) is 2.49. The smallest absolute Gasteiger partial charge is 0.191 e. The first-order valence-corrected chi connectivity index (χ1v) is 8.37. The number of hydrogen-bond acceptors (Lipinski definition) is 2. The van der Waals surface area contributed by atoms with E-state index < -0.39 is 0 Å². The van der Waals surface area contributed by atoms with Gasteiger partial charge < -0.3 is 19.9 Å². The number of nitrogens with one attached hydrogen (secondary N) is 2. The largest absolute Gasteiger partial charge is 0.491 e. The van der Waals surface area contributed by atoms with Gasteiger partial charge in [0.2, 0.25) is 0 Å². The summed E-state index contributed by atoms with van der Waals surface area (Å²) in [6, 6.07) is 10.3. The third-order valence-corrected chi connectivity index (χ3v) is 3.77. The van der Waals surface area contributed by atoms with E-state index in [4.69, 9.17) is 4.74 Å². The molecule has 24 heavy (non-hydrogen) atoms. The Morgan fingerprint density at radius 1 is 1.21 bits per heavy atom. The number of para-hydroxylation sites is 1. The van der Waals surface area contributed by atoms with Crippen LogP contribution in [0.3, 0.4) is 0 Å². The Bertz CT molecular complexity index is 661. The van der Waals surface area contributed by atoms with Crippen LogP contribution in [0.2, 0.25) is 0 Å². The van der Waals surface area contributed by atoms with Gasteiger partial charge in [0.15, 0.2) is 5.96 Å². The fraction of sp³-hybridized carbons (Fsp3) is 0.421. The van der Waals surface area contributed by atoms with Gasteiger partial charge in [0, 0.05) is 33.0 Å². The Morgan fingerprint density at radius 3 is 2.67 bits per heavy atom. The molecule has 2 N–H and O–H groups in total. The highest BCUT2D eigenvalue weighted by Gasteiger charge is 2.06. The van der Waals surface area contributed by atoms with E-state index in [0.717, 1.165) is 18.3 Å². The van der Waals surface area contributed by atoms with Crippen molar-refractivity contribution >= 4 is 5.96 Å². The molecule has 130 valence electrons. The van der Waals surface area contributed by atoms with Gasteiger partial charge in [-0.25, -0.2) is 0 Å². The van der Waals surface area contributed by atoms with Crippen molar-refractivity contribution in [2.45, 2.75) is 26.3 Å². The molecule has 0 fully saturated rings. The number of guanidine groups is 1. The summed E-state index contributed by atoms with van der Waals surface area (Å²) < 4.78 is 7.95. The average Bonchev–Trinajstić information content (AvgIpc) is 3.00. The lowest BCUT2D eigenvalue weighted by molar-refractivity contribution is 0.317. The zero-order chi connectivity index (χ0) is 17.4. The Labute approximate surface area is 144 Å². The normalized spacial score (nSPS) is 11.6. The number of aromatic nitrogens is 1. The molecular weight excluding hydrogens is 300 g/mol. The van der Waals surface area contributed by atoms with Gasteiger partial charge in [-0.05, 0) is 29.2 Å². The first-order chi connectivity index (χ1) is 11.6. The Hall–Kier alpha value is -2.43. The molecule has 5 heteroatoms. The van der Waals surface area contributed by atoms with E-state index in [1.165, 1.54) is 11.1 Å². The number of ether oxygens (including phenoxy) is 1. The van der Waals surface area contributed by atoms with Gasteiger partial charge in [-0.1, -0.05) is 32.0 Å². The SMILES string of the molecule is CN=C(NCCOc1ccccc1C(C)C)NCc1ccn(C)c1. The fourth-order valence-corrected chi connectivity index (χ4v) is 2.49. The lowest BCUT2D eigenvalue weighted by Crippen LogP contribution is -2.38. The molecule has 0 aliphatic rings. The second-order valence-corrected chi connectivity index (χ2v) is 6.08. The average molecular weight is 328 g/mol. The van der Waals surface area contributed by atoms with E-state index in [2.05, 4.69) is 53.9 Å². The molecule has 1 aromatic heterocycles. The van der Waals surface area contributed by atoms with E-state index in [9.17, 15) is 0 Å². The van der Waals surface area contributed by atoms with Crippen LogP contribution < -0.4 is 15.4 Å². The minimum Gasteiger partial charge on any atom is -0.491 e. The molecule has 2 rings (SSSR count). The third-order valence-electron chi connectivity index (χ3n) is 3.77. The van der Waals surface area contributed by atoms with E-state index >= 15 is 0 Å². The molecule has 0 saturated carbocycles. The first-order valence-electron chi connectivity index (χ1n) is 8.37. The van der Waals surface area contributed by atoms with E-state index in [-0.39, 0.29) is 0 Å². The highest BCUT2D eigenvalue weighted by atomic mass is 16.5. The van der Waals surface area contributed by atoms with Crippen LogP contribution in [-0.2, 0) is 13.6 Å². The third kappa shape index (κ3) is 5.33. The van der Waals surface area contributed by atoms with Crippen LogP contribution in [0.15, 0.2) is 47.7 Å². The minimum absolute atomic E-state index is 0.453. The number of benzene rings is 1. The molecule has 5 nitrogen and oxygen atoms in total. The number of rotatable bonds is 7. The van der Waals surface area contributed by atoms with E-state index in [0.29, 0.717) is 19.1 Å². The standard InChI is InChI=1S/C19H28N4O/c1-15(2)17-7-5-6-8-18(17)24-12-10-21-19(20-3)22-13-16-9-11-23(4)14-16/h5-9,11,14-15H,10,12-13H2,1-4H3,(H2,20,21,22). The van der Waals surface area contributed by atoms with Gasteiger partial charge in [0.25, 0.3) is 0 Å². The molecule has 1 aromatic carbocycles. The van der Waals surface area contributed by atoms with Gasteiger partial charge in [0.1, 0.15) is 12.4 Å². The molecule has 0 aliphatic carbocycles. The lowest BCUT2D eigenvalue weighted by atomic mass is 10.0. The zero-order valence-corrected chi connectivity index (χ0v) is 15.0. The van der Waals surface area contributed by atoms with Gasteiger partial charge in [0.05, 0.1) is 6.54 Å². The molecule has 0 aliphatic heterocycles. The summed E-state index contributed by atoms with van der Waals surface area (Å²) in [5, 5.41) is 6.57. The summed E-state index contributed by atoms with van der Waals surface area (Å²) in [7, 11) is 3.79. The highest BCUT2D eigenvalue weighted by Crippen LogP contribution is 2.25. The van der Waals surface area contributed by atoms with Gasteiger partial charge in [-0.2, -0.15) is 0 Å². The molecule has 0 saturated heterocycles. The summed E-state index contributed by atoms with van der Waals surface area (Å²) in [4.78, 5) is 4.23. The molecule has 0 atom stereocenters. The zero-order valence-electron chi connectivity index (χ0n) is 15.0. The van der Waals surface area contributed by atoms with Crippen molar-refractivity contribution in [3.63, 3.8) is 0 Å². The van der Waals surface area contributed by atoms with E-state index in [1.54, 1.807) is 7.05 Å². The van der Waals surface area contributed by atoms with Crippen LogP contribution in [0, 0.1) is 0 Å². The van der Waals surface area contributed by atoms with Crippen LogP contribution in [0.4, 0.5) is 0 Å². The second kappa shape index (κ2) is 9.01. The molecule has 1 heterocycles. The van der Waals surface area contributed by atoms with Crippen LogP contribution in [-0.4, -0.2) is 30.7 Å². The van der Waals surface area contributed by atoms with E-state index in [1.807, 2.05) is 29.9 Å². The Kier molecular flexibility index (Phi) is 6.73. The maximum absolute atomic E-state index is 5.91. The summed E-state index contributed by atoms with van der Waals surface area (Å²) in [5.74, 6) is 2.19. The summed E-state index contributed by atoms with van der Waals surface area (Å²) in [6.07, 6.45) is 4.12. The number of nitrogens with zero attached hydrogens (tertiary/aromatic N) is 2. The molecule has 0 radical (unpaired) electrons. The summed E-state index contributed by atoms with van der Waals surface area (Å²) in [5.41, 5.74) is 2.46.